The minimum absolute atomic E-state index is 0.313. The second kappa shape index (κ2) is 6.08. The molecule has 0 aromatic heterocycles. The third-order valence-electron chi connectivity index (χ3n) is 3.60. The van der Waals surface area contributed by atoms with Crippen molar-refractivity contribution >= 4 is 23.2 Å². The highest BCUT2D eigenvalue weighted by atomic mass is 35.5. The van der Waals surface area contributed by atoms with Crippen LogP contribution in [-0.2, 0) is 6.54 Å². The van der Waals surface area contributed by atoms with E-state index in [2.05, 4.69) is 24.0 Å². The van der Waals surface area contributed by atoms with Gasteiger partial charge in [0.25, 0.3) is 0 Å². The summed E-state index contributed by atoms with van der Waals surface area (Å²) in [6.45, 7) is 5.45. The van der Waals surface area contributed by atoms with Gasteiger partial charge in [0.05, 0.1) is 0 Å². The first kappa shape index (κ1) is 13.2. The monoisotopic (exact) mass is 271 g/mol. The number of rotatable bonds is 3. The number of alkyl halides is 1. The maximum atomic E-state index is 6.15. The fourth-order valence-corrected chi connectivity index (χ4v) is 2.80. The van der Waals surface area contributed by atoms with Gasteiger partial charge in [-0.25, -0.2) is 0 Å². The van der Waals surface area contributed by atoms with Crippen LogP contribution in [0.25, 0.3) is 0 Å². The Labute approximate surface area is 114 Å². The Bertz CT molecular complexity index is 340. The summed E-state index contributed by atoms with van der Waals surface area (Å²) in [6, 6.07) is 8.14. The Morgan fingerprint density at radius 3 is 2.35 bits per heavy atom. The number of nitrogens with zero attached hydrogens (tertiary/aromatic N) is 1. The number of piperidine rings is 1. The third kappa shape index (κ3) is 3.87. The maximum Gasteiger partial charge on any atom is 0.0406 e. The quantitative estimate of drug-likeness (QED) is 0.746. The Morgan fingerprint density at radius 1 is 1.24 bits per heavy atom. The van der Waals surface area contributed by atoms with Crippen LogP contribution in [0.5, 0.6) is 0 Å². The molecule has 17 heavy (non-hydrogen) atoms. The lowest BCUT2D eigenvalue weighted by Gasteiger charge is -2.33. The summed E-state index contributed by atoms with van der Waals surface area (Å²) in [5, 5.41) is 1.12. The van der Waals surface area contributed by atoms with Crippen molar-refractivity contribution in [3.63, 3.8) is 0 Å². The van der Waals surface area contributed by atoms with Crippen LogP contribution >= 0.6 is 23.2 Å². The van der Waals surface area contributed by atoms with Crippen molar-refractivity contribution < 1.29 is 0 Å². The molecule has 1 atom stereocenters. The largest absolute Gasteiger partial charge is 0.299 e. The fraction of sp³-hybridized carbons (Fsp3) is 0.571. The van der Waals surface area contributed by atoms with Crippen molar-refractivity contribution in [3.8, 4) is 0 Å². The molecule has 2 rings (SSSR count). The molecule has 0 spiro atoms. The van der Waals surface area contributed by atoms with E-state index >= 15 is 0 Å². The van der Waals surface area contributed by atoms with Gasteiger partial charge in [0.2, 0.25) is 0 Å². The second-order valence-corrected chi connectivity index (χ2v) is 6.04. The number of benzene rings is 1. The number of halogens is 2. The maximum absolute atomic E-state index is 6.15. The van der Waals surface area contributed by atoms with Crippen LogP contribution in [-0.4, -0.2) is 23.4 Å². The molecular formula is C14H19Cl2N. The van der Waals surface area contributed by atoms with Crippen molar-refractivity contribution in [2.24, 2.45) is 5.92 Å². The predicted octanol–water partition coefficient (Wildman–Crippen LogP) is 4.18. The third-order valence-corrected chi connectivity index (χ3v) is 4.21. The molecule has 1 nitrogen and oxygen atoms in total. The van der Waals surface area contributed by atoms with Crippen LogP contribution in [0, 0.1) is 5.92 Å². The van der Waals surface area contributed by atoms with Crippen molar-refractivity contribution in [2.45, 2.75) is 31.7 Å². The van der Waals surface area contributed by atoms with Crippen molar-refractivity contribution in [3.05, 3.63) is 34.9 Å². The topological polar surface area (TPSA) is 3.24 Å². The van der Waals surface area contributed by atoms with Gasteiger partial charge in [-0.3, -0.25) is 4.90 Å². The fourth-order valence-electron chi connectivity index (χ4n) is 2.42. The van der Waals surface area contributed by atoms with Gasteiger partial charge >= 0.3 is 0 Å². The van der Waals surface area contributed by atoms with E-state index in [1.54, 1.807) is 0 Å². The van der Waals surface area contributed by atoms with E-state index in [4.69, 9.17) is 23.2 Å². The first-order valence-electron chi connectivity index (χ1n) is 6.26. The van der Waals surface area contributed by atoms with E-state index in [1.807, 2.05) is 12.1 Å². The Morgan fingerprint density at radius 2 is 1.82 bits per heavy atom. The minimum atomic E-state index is 0.313. The summed E-state index contributed by atoms with van der Waals surface area (Å²) in [5.74, 6) is 0.693. The predicted molar refractivity (Wildman–Crippen MR) is 74.8 cm³/mol. The molecule has 1 aliphatic heterocycles. The number of likely N-dealkylation sites (tertiary alicyclic amines) is 1. The molecule has 0 aliphatic carbocycles. The highest BCUT2D eigenvalue weighted by molar-refractivity contribution is 6.30. The summed E-state index contributed by atoms with van der Waals surface area (Å²) in [6.07, 6.45) is 2.44. The number of hydrogen-bond donors (Lipinski definition) is 0. The summed E-state index contributed by atoms with van der Waals surface area (Å²) in [7, 11) is 0. The molecule has 1 saturated heterocycles. The van der Waals surface area contributed by atoms with Gasteiger partial charge in [-0.2, -0.15) is 0 Å². The summed E-state index contributed by atoms with van der Waals surface area (Å²) in [5.41, 5.74) is 1.34. The van der Waals surface area contributed by atoms with Gasteiger partial charge in [-0.1, -0.05) is 23.7 Å². The standard InChI is InChI=1S/C14H19Cl2N/c1-11(15)13-6-8-17(9-7-13)10-12-2-4-14(16)5-3-12/h2-5,11,13H,6-10H2,1H3. The smallest absolute Gasteiger partial charge is 0.0406 e. The van der Waals surface area contributed by atoms with Gasteiger partial charge in [0.1, 0.15) is 0 Å². The van der Waals surface area contributed by atoms with Gasteiger partial charge < -0.3 is 0 Å². The Balaban J connectivity index is 1.84. The number of hydrogen-bond acceptors (Lipinski definition) is 1. The Kier molecular flexibility index (Phi) is 4.72. The molecule has 1 heterocycles. The molecule has 1 aromatic carbocycles. The van der Waals surface area contributed by atoms with Crippen LogP contribution in [0.15, 0.2) is 24.3 Å². The van der Waals surface area contributed by atoms with Crippen molar-refractivity contribution in [1.29, 1.82) is 0 Å². The average molecular weight is 272 g/mol. The molecule has 0 N–H and O–H groups in total. The molecule has 94 valence electrons. The van der Waals surface area contributed by atoms with Crippen LogP contribution < -0.4 is 0 Å². The van der Waals surface area contributed by atoms with Crippen LogP contribution in [0.3, 0.4) is 0 Å². The normalized spacial score (nSPS) is 20.4. The second-order valence-electron chi connectivity index (χ2n) is 4.92. The zero-order valence-electron chi connectivity index (χ0n) is 10.2. The first-order valence-corrected chi connectivity index (χ1v) is 7.07. The highest BCUT2D eigenvalue weighted by Gasteiger charge is 2.22. The lowest BCUT2D eigenvalue weighted by atomic mass is 9.94. The lowest BCUT2D eigenvalue weighted by molar-refractivity contribution is 0.176. The van der Waals surface area contributed by atoms with Gasteiger partial charge in [-0.15, -0.1) is 11.6 Å². The summed E-state index contributed by atoms with van der Waals surface area (Å²) in [4.78, 5) is 2.50. The van der Waals surface area contributed by atoms with Crippen molar-refractivity contribution in [1.82, 2.24) is 4.90 Å². The minimum Gasteiger partial charge on any atom is -0.299 e. The molecular weight excluding hydrogens is 253 g/mol. The summed E-state index contributed by atoms with van der Waals surface area (Å²) < 4.78 is 0. The molecule has 1 unspecified atom stereocenters. The van der Waals surface area contributed by atoms with E-state index < -0.39 is 0 Å². The zero-order chi connectivity index (χ0) is 12.3. The molecule has 0 bridgehead atoms. The molecule has 3 heteroatoms. The molecule has 1 aliphatic rings. The molecule has 0 amide bonds. The van der Waals surface area contributed by atoms with Crippen LogP contribution in [0.4, 0.5) is 0 Å². The van der Waals surface area contributed by atoms with E-state index in [-0.39, 0.29) is 0 Å². The van der Waals surface area contributed by atoms with Gasteiger partial charge in [0, 0.05) is 16.9 Å². The lowest BCUT2D eigenvalue weighted by Crippen LogP contribution is -2.35. The van der Waals surface area contributed by atoms with Crippen molar-refractivity contribution in [2.75, 3.05) is 13.1 Å². The summed E-state index contributed by atoms with van der Waals surface area (Å²) >= 11 is 12.0. The molecule has 1 fully saturated rings. The van der Waals surface area contributed by atoms with Gasteiger partial charge in [-0.05, 0) is 56.5 Å². The SMILES string of the molecule is CC(Cl)C1CCN(Cc2ccc(Cl)cc2)CC1. The zero-order valence-corrected chi connectivity index (χ0v) is 11.7. The first-order chi connectivity index (χ1) is 8.15. The average Bonchev–Trinajstić information content (AvgIpc) is 2.33. The highest BCUT2D eigenvalue weighted by Crippen LogP contribution is 2.24. The Hall–Kier alpha value is -0.240. The van der Waals surface area contributed by atoms with E-state index in [0.29, 0.717) is 11.3 Å². The van der Waals surface area contributed by atoms with Gasteiger partial charge in [0.15, 0.2) is 0 Å². The van der Waals surface area contributed by atoms with E-state index in [9.17, 15) is 0 Å². The molecule has 0 saturated carbocycles. The van der Waals surface area contributed by atoms with E-state index in [0.717, 1.165) is 24.7 Å². The molecule has 0 radical (unpaired) electrons. The molecule has 1 aromatic rings. The van der Waals surface area contributed by atoms with Crippen LogP contribution in [0.2, 0.25) is 5.02 Å². The van der Waals surface area contributed by atoms with E-state index in [1.165, 1.54) is 18.4 Å². The van der Waals surface area contributed by atoms with Crippen LogP contribution in [0.1, 0.15) is 25.3 Å².